The Morgan fingerprint density at radius 2 is 2.24 bits per heavy atom. The Morgan fingerprint density at radius 3 is 2.88 bits per heavy atom. The van der Waals surface area contributed by atoms with Crippen LogP contribution in [0.25, 0.3) is 0 Å². The van der Waals surface area contributed by atoms with Crippen LogP contribution in [-0.2, 0) is 4.74 Å². The SMILES string of the molecule is CN(C=C1C=CC=C(NC2=NC(Cl)N(F)C=C2)C1)C(=O)OC(C)(C)C. The van der Waals surface area contributed by atoms with E-state index in [0.717, 1.165) is 11.3 Å². The molecule has 2 aliphatic rings. The molecule has 0 fully saturated rings. The molecular formula is C17H22ClFN4O2. The minimum Gasteiger partial charge on any atom is -0.443 e. The maximum atomic E-state index is 13.1. The van der Waals surface area contributed by atoms with Gasteiger partial charge < -0.3 is 10.1 Å². The highest BCUT2D eigenvalue weighted by Crippen LogP contribution is 2.19. The Morgan fingerprint density at radius 1 is 1.52 bits per heavy atom. The molecule has 1 heterocycles. The molecule has 1 aliphatic heterocycles. The molecule has 0 spiro atoms. The van der Waals surface area contributed by atoms with Crippen molar-refractivity contribution < 1.29 is 14.0 Å². The van der Waals surface area contributed by atoms with Crippen molar-refractivity contribution in [2.45, 2.75) is 38.4 Å². The third-order valence-corrected chi connectivity index (χ3v) is 3.44. The second-order valence-corrected chi connectivity index (χ2v) is 7.02. The highest BCUT2D eigenvalue weighted by Gasteiger charge is 2.19. The van der Waals surface area contributed by atoms with Gasteiger partial charge in [-0.15, -0.1) is 0 Å². The first kappa shape index (κ1) is 19.1. The number of alkyl halides is 1. The van der Waals surface area contributed by atoms with E-state index in [1.165, 1.54) is 17.2 Å². The summed E-state index contributed by atoms with van der Waals surface area (Å²) in [5.74, 6) is 0.468. The molecule has 0 saturated heterocycles. The second-order valence-electron chi connectivity index (χ2n) is 6.63. The fourth-order valence-electron chi connectivity index (χ4n) is 2.10. The largest absolute Gasteiger partial charge is 0.443 e. The first-order valence-electron chi connectivity index (χ1n) is 7.79. The third-order valence-electron chi connectivity index (χ3n) is 3.16. The number of aliphatic imine (C=N–C) groups is 1. The quantitative estimate of drug-likeness (QED) is 0.457. The molecule has 2 rings (SSSR count). The number of carbonyl (C=O) groups is 1. The molecule has 1 aliphatic carbocycles. The number of carbonyl (C=O) groups excluding carboxylic acids is 1. The molecule has 1 atom stereocenters. The Balaban J connectivity index is 1.98. The molecule has 1 N–H and O–H groups in total. The van der Waals surface area contributed by atoms with E-state index < -0.39 is 17.3 Å². The van der Waals surface area contributed by atoms with E-state index >= 15 is 0 Å². The van der Waals surface area contributed by atoms with Crippen LogP contribution in [0.4, 0.5) is 9.28 Å². The van der Waals surface area contributed by atoms with E-state index in [0.29, 0.717) is 17.4 Å². The summed E-state index contributed by atoms with van der Waals surface area (Å²) >= 11 is 5.73. The van der Waals surface area contributed by atoms with Crippen molar-refractivity contribution in [2.24, 2.45) is 4.99 Å². The first-order chi connectivity index (χ1) is 11.6. The van der Waals surface area contributed by atoms with Gasteiger partial charge in [0.2, 0.25) is 5.62 Å². The Kier molecular flexibility index (Phi) is 5.89. The molecule has 1 unspecified atom stereocenters. The van der Waals surface area contributed by atoms with Gasteiger partial charge in [-0.05, 0) is 38.5 Å². The van der Waals surface area contributed by atoms with Crippen molar-refractivity contribution in [1.82, 2.24) is 15.3 Å². The maximum absolute atomic E-state index is 13.1. The summed E-state index contributed by atoms with van der Waals surface area (Å²) in [7, 11) is 1.64. The fraction of sp³-hybridized carbons (Fsp3) is 0.412. The van der Waals surface area contributed by atoms with Crippen LogP contribution >= 0.6 is 11.6 Å². The number of nitrogens with one attached hydrogen (secondary N) is 1. The smallest absolute Gasteiger partial charge is 0.414 e. The van der Waals surface area contributed by atoms with Gasteiger partial charge in [0.05, 0.1) is 0 Å². The van der Waals surface area contributed by atoms with Gasteiger partial charge in [0.25, 0.3) is 0 Å². The molecule has 8 heteroatoms. The van der Waals surface area contributed by atoms with Crippen LogP contribution in [0.2, 0.25) is 0 Å². The summed E-state index contributed by atoms with van der Waals surface area (Å²) in [6.45, 7) is 5.45. The minimum atomic E-state index is -1.08. The van der Waals surface area contributed by atoms with Crippen molar-refractivity contribution >= 4 is 23.5 Å². The van der Waals surface area contributed by atoms with Crippen LogP contribution in [-0.4, -0.2) is 40.2 Å². The zero-order valence-corrected chi connectivity index (χ0v) is 15.4. The van der Waals surface area contributed by atoms with Crippen molar-refractivity contribution in [3.05, 3.63) is 48.0 Å². The van der Waals surface area contributed by atoms with E-state index in [4.69, 9.17) is 16.3 Å². The molecule has 0 aromatic heterocycles. The van der Waals surface area contributed by atoms with Crippen LogP contribution in [0.15, 0.2) is 53.0 Å². The summed E-state index contributed by atoms with van der Waals surface area (Å²) in [4.78, 5) is 17.4. The third kappa shape index (κ3) is 5.94. The van der Waals surface area contributed by atoms with Gasteiger partial charge in [0.15, 0.2) is 0 Å². The number of amides is 1. The van der Waals surface area contributed by atoms with E-state index in [2.05, 4.69) is 10.3 Å². The van der Waals surface area contributed by atoms with Gasteiger partial charge in [0.1, 0.15) is 11.4 Å². The Labute approximate surface area is 151 Å². The zero-order chi connectivity index (χ0) is 18.6. The van der Waals surface area contributed by atoms with Crippen LogP contribution in [0.1, 0.15) is 27.2 Å². The Bertz CT molecular complexity index is 677. The lowest BCUT2D eigenvalue weighted by Crippen LogP contribution is -2.32. The topological polar surface area (TPSA) is 57.2 Å². The van der Waals surface area contributed by atoms with Gasteiger partial charge in [-0.1, -0.05) is 28.2 Å². The van der Waals surface area contributed by atoms with E-state index in [1.54, 1.807) is 13.2 Å². The normalized spacial score (nSPS) is 21.8. The monoisotopic (exact) mass is 368 g/mol. The number of halogens is 2. The first-order valence-corrected chi connectivity index (χ1v) is 8.23. The standard InChI is InChI=1S/C17H22ClFN4O2/c1-17(2,3)25-16(24)22(4)11-12-6-5-7-13(10-12)20-14-8-9-23(19)15(18)21-14/h5-9,11,15H,10H2,1-4H3,(H,20,21). The van der Waals surface area contributed by atoms with Crippen molar-refractivity contribution in [2.75, 3.05) is 7.05 Å². The van der Waals surface area contributed by atoms with Gasteiger partial charge in [-0.3, -0.25) is 4.90 Å². The summed E-state index contributed by atoms with van der Waals surface area (Å²) < 4.78 is 18.4. The number of allylic oxidation sites excluding steroid dienone is 4. The number of amidine groups is 1. The van der Waals surface area contributed by atoms with Crippen LogP contribution < -0.4 is 5.32 Å². The lowest BCUT2D eigenvalue weighted by Gasteiger charge is -2.24. The molecule has 0 bridgehead atoms. The Hall–Kier alpha value is -2.28. The predicted octanol–water partition coefficient (Wildman–Crippen LogP) is 3.81. The van der Waals surface area contributed by atoms with Crippen LogP contribution in [0, 0.1) is 0 Å². The van der Waals surface area contributed by atoms with Gasteiger partial charge in [-0.2, -0.15) is 5.12 Å². The maximum Gasteiger partial charge on any atom is 0.414 e. The van der Waals surface area contributed by atoms with Crippen LogP contribution in [0.5, 0.6) is 0 Å². The summed E-state index contributed by atoms with van der Waals surface area (Å²) in [5, 5.41) is 3.41. The van der Waals surface area contributed by atoms with Gasteiger partial charge >= 0.3 is 6.09 Å². The van der Waals surface area contributed by atoms with Crippen LogP contribution in [0.3, 0.4) is 0 Å². The zero-order valence-electron chi connectivity index (χ0n) is 14.7. The molecule has 0 aromatic carbocycles. The molecule has 6 nitrogen and oxygen atoms in total. The van der Waals surface area contributed by atoms with E-state index in [9.17, 15) is 9.28 Å². The minimum absolute atomic E-state index is 0.309. The molecule has 136 valence electrons. The summed E-state index contributed by atoms with van der Waals surface area (Å²) in [5.41, 5.74) is 0.131. The molecule has 25 heavy (non-hydrogen) atoms. The predicted molar refractivity (Wildman–Crippen MR) is 96.2 cm³/mol. The average molecular weight is 369 g/mol. The van der Waals surface area contributed by atoms with Gasteiger partial charge in [-0.25, -0.2) is 9.79 Å². The van der Waals surface area contributed by atoms with E-state index in [1.807, 2.05) is 39.0 Å². The lowest BCUT2D eigenvalue weighted by molar-refractivity contribution is 0.0371. The second kappa shape index (κ2) is 7.74. The number of hydrogen-bond acceptors (Lipinski definition) is 5. The van der Waals surface area contributed by atoms with Crippen molar-refractivity contribution in [1.29, 1.82) is 0 Å². The molecular weight excluding hydrogens is 347 g/mol. The highest BCUT2D eigenvalue weighted by molar-refractivity contribution is 6.21. The summed E-state index contributed by atoms with van der Waals surface area (Å²) in [6, 6.07) is 0. The van der Waals surface area contributed by atoms with E-state index in [-0.39, 0.29) is 0 Å². The van der Waals surface area contributed by atoms with Crippen molar-refractivity contribution in [3.8, 4) is 0 Å². The van der Waals surface area contributed by atoms with Crippen molar-refractivity contribution in [3.63, 3.8) is 0 Å². The molecule has 0 aromatic rings. The number of rotatable bonds is 2. The fourth-order valence-corrected chi connectivity index (χ4v) is 2.27. The summed E-state index contributed by atoms with van der Waals surface area (Å²) in [6.07, 6.45) is 10.2. The molecule has 1 amide bonds. The number of ether oxygens (including phenoxy) is 1. The highest BCUT2D eigenvalue weighted by atomic mass is 35.5. The number of nitrogens with zero attached hydrogens (tertiary/aromatic N) is 3. The van der Waals surface area contributed by atoms with Gasteiger partial charge in [0, 0.05) is 31.6 Å². The average Bonchev–Trinajstić information content (AvgIpc) is 2.49. The number of hydrogen-bond donors (Lipinski definition) is 1. The lowest BCUT2D eigenvalue weighted by atomic mass is 10.1. The molecule has 0 radical (unpaired) electrons. The molecule has 0 saturated carbocycles.